The molecular formula is C52H24. The van der Waals surface area contributed by atoms with Crippen LogP contribution in [0, 0.1) is 0 Å². The van der Waals surface area contributed by atoms with Crippen LogP contribution in [0.1, 0.15) is 0 Å². The molecule has 0 aromatic heterocycles. The van der Waals surface area contributed by atoms with Gasteiger partial charge in [0.1, 0.15) is 0 Å². The molecule has 0 heteroatoms. The minimum Gasteiger partial charge on any atom is -0.0616 e. The first-order chi connectivity index (χ1) is 25.8. The molecular weight excluding hydrogens is 625 g/mol. The molecule has 0 amide bonds. The highest BCUT2D eigenvalue weighted by Crippen LogP contribution is 2.56. The van der Waals surface area contributed by atoms with Crippen LogP contribution < -0.4 is 0 Å². The highest BCUT2D eigenvalue weighted by atomic mass is 14.3. The van der Waals surface area contributed by atoms with Crippen LogP contribution in [0.2, 0.25) is 0 Å². The summed E-state index contributed by atoms with van der Waals surface area (Å²) >= 11 is 0. The SMILES string of the molecule is c1ccc2c(c1)-c1ccc3c4cc5c(cc4c4ccc-2c1c34)c1ccc2c3ccc4c6c(ccc(c7ccc5c1c72)c63)-c1cc2ccccc2cc1-4. The fourth-order valence-corrected chi connectivity index (χ4v) is 11.3. The predicted molar refractivity (Wildman–Crippen MR) is 224 cm³/mol. The molecule has 0 radical (unpaired) electrons. The van der Waals surface area contributed by atoms with Gasteiger partial charge >= 0.3 is 0 Å². The topological polar surface area (TPSA) is 0 Å². The molecule has 13 aromatic carbocycles. The molecule has 0 saturated carbocycles. The average molecular weight is 649 g/mol. The van der Waals surface area contributed by atoms with Crippen molar-refractivity contribution in [2.24, 2.45) is 0 Å². The van der Waals surface area contributed by atoms with E-state index in [-0.39, 0.29) is 0 Å². The van der Waals surface area contributed by atoms with Crippen molar-refractivity contribution in [1.29, 1.82) is 0 Å². The Morgan fingerprint density at radius 2 is 0.462 bits per heavy atom. The zero-order valence-corrected chi connectivity index (χ0v) is 27.9. The molecule has 2 aliphatic carbocycles. The lowest BCUT2D eigenvalue weighted by atomic mass is 9.87. The first-order valence-electron chi connectivity index (χ1n) is 18.4. The maximum Gasteiger partial charge on any atom is -0.00139 e. The Hall–Kier alpha value is -6.76. The maximum absolute atomic E-state index is 2.51. The van der Waals surface area contributed by atoms with Crippen LogP contribution in [0.3, 0.4) is 0 Å². The Balaban J connectivity index is 1.05. The van der Waals surface area contributed by atoms with Crippen LogP contribution in [0.25, 0.3) is 152 Å². The van der Waals surface area contributed by atoms with E-state index in [9.17, 15) is 0 Å². The number of benzene rings is 11. The van der Waals surface area contributed by atoms with Crippen molar-refractivity contribution < 1.29 is 0 Å². The van der Waals surface area contributed by atoms with Crippen LogP contribution in [0.15, 0.2) is 146 Å². The van der Waals surface area contributed by atoms with Crippen LogP contribution in [0.5, 0.6) is 0 Å². The molecule has 0 aliphatic heterocycles. The normalized spacial score (nSPS) is 13.4. The van der Waals surface area contributed by atoms with E-state index < -0.39 is 0 Å². The molecule has 0 nitrogen and oxygen atoms in total. The smallest absolute Gasteiger partial charge is 0.00139 e. The molecule has 15 rings (SSSR count). The molecule has 52 heavy (non-hydrogen) atoms. The Bertz CT molecular complexity index is 3600. The average Bonchev–Trinajstić information content (AvgIpc) is 3.90. The summed E-state index contributed by atoms with van der Waals surface area (Å²) < 4.78 is 0. The minimum absolute atomic E-state index is 1.30. The highest BCUT2D eigenvalue weighted by molar-refractivity contribution is 6.45. The predicted octanol–water partition coefficient (Wildman–Crippen LogP) is 14.8. The Labute approximate surface area is 296 Å². The zero-order chi connectivity index (χ0) is 33.1. The van der Waals surface area contributed by atoms with Crippen LogP contribution in [0.4, 0.5) is 0 Å². The largest absolute Gasteiger partial charge is 0.0616 e. The number of hydrogen-bond donors (Lipinski definition) is 0. The Morgan fingerprint density at radius 3 is 0.846 bits per heavy atom. The molecule has 0 saturated heterocycles. The van der Waals surface area contributed by atoms with E-state index in [0.29, 0.717) is 0 Å². The van der Waals surface area contributed by atoms with Crippen molar-refractivity contribution in [3.05, 3.63) is 146 Å². The summed E-state index contributed by atoms with van der Waals surface area (Å²) in [6.45, 7) is 0. The Kier molecular flexibility index (Phi) is 3.92. The van der Waals surface area contributed by atoms with Gasteiger partial charge in [0, 0.05) is 0 Å². The van der Waals surface area contributed by atoms with Crippen LogP contribution in [-0.2, 0) is 0 Å². The number of rotatable bonds is 0. The van der Waals surface area contributed by atoms with Gasteiger partial charge in [0.25, 0.3) is 0 Å². The molecule has 13 aromatic rings. The molecule has 2 aliphatic rings. The monoisotopic (exact) mass is 648 g/mol. The molecule has 0 spiro atoms. The summed E-state index contributed by atoms with van der Waals surface area (Å²) in [7, 11) is 0. The number of fused-ring (bicyclic) bond motifs is 15. The van der Waals surface area contributed by atoms with Crippen LogP contribution in [-0.4, -0.2) is 0 Å². The van der Waals surface area contributed by atoms with Crippen molar-refractivity contribution >= 4 is 108 Å². The van der Waals surface area contributed by atoms with Gasteiger partial charge in [-0.25, -0.2) is 0 Å². The maximum atomic E-state index is 2.51. The fraction of sp³-hybridized carbons (Fsp3) is 0. The summed E-state index contributed by atoms with van der Waals surface area (Å²) in [6, 6.07) is 56.3. The third-order valence-electron chi connectivity index (χ3n) is 13.4. The van der Waals surface area contributed by atoms with Gasteiger partial charge < -0.3 is 0 Å². The van der Waals surface area contributed by atoms with Crippen molar-refractivity contribution in [1.82, 2.24) is 0 Å². The van der Waals surface area contributed by atoms with E-state index in [2.05, 4.69) is 146 Å². The van der Waals surface area contributed by atoms with E-state index >= 15 is 0 Å². The van der Waals surface area contributed by atoms with Gasteiger partial charge in [-0.05, 0) is 176 Å². The van der Waals surface area contributed by atoms with E-state index in [1.807, 2.05) is 0 Å². The summed E-state index contributed by atoms with van der Waals surface area (Å²) in [5, 5.41) is 27.5. The van der Waals surface area contributed by atoms with E-state index in [1.54, 1.807) is 0 Å². The van der Waals surface area contributed by atoms with Gasteiger partial charge in [0.05, 0.1) is 0 Å². The van der Waals surface area contributed by atoms with Crippen molar-refractivity contribution in [2.45, 2.75) is 0 Å². The summed E-state index contributed by atoms with van der Waals surface area (Å²) in [4.78, 5) is 0. The first-order valence-corrected chi connectivity index (χ1v) is 18.4. The lowest BCUT2D eigenvalue weighted by Crippen LogP contribution is -1.87. The Morgan fingerprint density at radius 1 is 0.173 bits per heavy atom. The van der Waals surface area contributed by atoms with Gasteiger partial charge in [-0.2, -0.15) is 0 Å². The van der Waals surface area contributed by atoms with Crippen molar-refractivity contribution in [3.8, 4) is 44.5 Å². The number of hydrogen-bond acceptors (Lipinski definition) is 0. The summed E-state index contributed by atoms with van der Waals surface area (Å²) in [5.41, 5.74) is 10.9. The van der Waals surface area contributed by atoms with Gasteiger partial charge in [0.2, 0.25) is 0 Å². The second-order valence-corrected chi connectivity index (χ2v) is 15.4. The first kappa shape index (κ1) is 25.2. The molecule has 232 valence electrons. The van der Waals surface area contributed by atoms with Gasteiger partial charge in [-0.15, -0.1) is 0 Å². The molecule has 0 N–H and O–H groups in total. The second kappa shape index (κ2) is 8.07. The standard InChI is InChI=1S/C52H24/c1-2-6-26-22-42-36-18-12-32-34-14-20-40-46-24-44-38-16-10-30-28-8-4-3-7-27(28)29-9-15-37(51(38)47(29)30)43(44)23-45(46)39-19-13-33(49(34)52(39)40)31-11-17-35(50(36)48(31)32)41(42)21-25(26)5-1/h1-24H. The van der Waals surface area contributed by atoms with Gasteiger partial charge in [-0.3, -0.25) is 0 Å². The van der Waals surface area contributed by atoms with Gasteiger partial charge in [-0.1, -0.05) is 121 Å². The van der Waals surface area contributed by atoms with Gasteiger partial charge in [0.15, 0.2) is 0 Å². The van der Waals surface area contributed by atoms with Crippen molar-refractivity contribution in [3.63, 3.8) is 0 Å². The lowest BCUT2D eigenvalue weighted by Gasteiger charge is -2.16. The highest BCUT2D eigenvalue weighted by Gasteiger charge is 2.28. The third kappa shape index (κ3) is 2.57. The third-order valence-corrected chi connectivity index (χ3v) is 13.4. The van der Waals surface area contributed by atoms with Crippen LogP contribution >= 0.6 is 0 Å². The molecule has 0 fully saturated rings. The molecule has 0 atom stereocenters. The quantitative estimate of drug-likeness (QED) is 0.113. The molecule has 0 heterocycles. The lowest BCUT2D eigenvalue weighted by molar-refractivity contribution is 1.70. The fourth-order valence-electron chi connectivity index (χ4n) is 11.3. The van der Waals surface area contributed by atoms with E-state index in [4.69, 9.17) is 0 Å². The van der Waals surface area contributed by atoms with E-state index in [0.717, 1.165) is 0 Å². The van der Waals surface area contributed by atoms with Crippen molar-refractivity contribution in [2.75, 3.05) is 0 Å². The minimum atomic E-state index is 1.30. The molecule has 0 unspecified atom stereocenters. The zero-order valence-electron chi connectivity index (χ0n) is 27.9. The second-order valence-electron chi connectivity index (χ2n) is 15.4. The van der Waals surface area contributed by atoms with E-state index in [1.165, 1.54) is 152 Å². The summed E-state index contributed by atoms with van der Waals surface area (Å²) in [5.74, 6) is 0. The summed E-state index contributed by atoms with van der Waals surface area (Å²) in [6.07, 6.45) is 0. The molecule has 0 bridgehead atoms.